The van der Waals surface area contributed by atoms with Crippen molar-refractivity contribution >= 4 is 32.3 Å². The molecule has 138 valence electrons. The Morgan fingerprint density at radius 3 is 1.52 bits per heavy atom. The lowest BCUT2D eigenvalue weighted by Gasteiger charge is -2.16. The first-order valence-electron chi connectivity index (χ1n) is 8.37. The van der Waals surface area contributed by atoms with Crippen molar-refractivity contribution < 1.29 is 18.9 Å². The number of hydrogen-bond acceptors (Lipinski definition) is 5. The number of ether oxygens (including phenoxy) is 4. The normalized spacial score (nSPS) is 11.1. The first-order valence-corrected chi connectivity index (χ1v) is 8.37. The zero-order valence-electron chi connectivity index (χ0n) is 15.5. The Bertz CT molecular complexity index is 1240. The van der Waals surface area contributed by atoms with E-state index in [2.05, 4.69) is 4.98 Å². The molecule has 3 aromatic carbocycles. The number of fused-ring (bicyclic) bond motifs is 6. The molecule has 0 spiro atoms. The van der Waals surface area contributed by atoms with Crippen molar-refractivity contribution in [3.8, 4) is 23.0 Å². The Hall–Kier alpha value is -3.41. The van der Waals surface area contributed by atoms with Gasteiger partial charge >= 0.3 is 0 Å². The van der Waals surface area contributed by atoms with Gasteiger partial charge in [-0.15, -0.1) is 0 Å². The van der Waals surface area contributed by atoms with E-state index in [1.54, 1.807) is 34.6 Å². The fraction of sp³-hybridized carbons (Fsp3) is 0.190. The molecule has 0 aliphatic carbocycles. The summed E-state index contributed by atoms with van der Waals surface area (Å²) < 4.78 is 21.9. The third-order valence-electron chi connectivity index (χ3n) is 4.86. The summed E-state index contributed by atoms with van der Waals surface area (Å²) in [5.41, 5.74) is -0.165. The molecule has 1 aromatic heterocycles. The molecule has 1 heterocycles. The van der Waals surface area contributed by atoms with E-state index in [1.807, 2.05) is 30.3 Å². The molecule has 0 unspecified atom stereocenters. The van der Waals surface area contributed by atoms with Gasteiger partial charge in [-0.3, -0.25) is 4.79 Å². The summed E-state index contributed by atoms with van der Waals surface area (Å²) in [6.07, 6.45) is 1.65. The standard InChI is InChI=1S/C21H19NO5/c1-24-16-7-12-11-5-6-22-21(23)20(11)15-10-19(27-4)18(26-3)9-14(15)13(12)8-17(16)25-2/h5-10H,1-4H3,(H,22,23). The molecule has 0 fully saturated rings. The molecule has 0 radical (unpaired) electrons. The molecule has 0 atom stereocenters. The Morgan fingerprint density at radius 2 is 1.04 bits per heavy atom. The lowest BCUT2D eigenvalue weighted by molar-refractivity contribution is 0.355. The lowest BCUT2D eigenvalue weighted by atomic mass is 9.94. The minimum atomic E-state index is -0.165. The zero-order chi connectivity index (χ0) is 19.1. The van der Waals surface area contributed by atoms with Crippen LogP contribution in [0.4, 0.5) is 0 Å². The van der Waals surface area contributed by atoms with Gasteiger partial charge in [0.25, 0.3) is 5.56 Å². The van der Waals surface area contributed by atoms with Gasteiger partial charge in [0, 0.05) is 6.20 Å². The van der Waals surface area contributed by atoms with Gasteiger partial charge in [-0.05, 0) is 57.3 Å². The highest BCUT2D eigenvalue weighted by atomic mass is 16.5. The van der Waals surface area contributed by atoms with E-state index in [9.17, 15) is 4.79 Å². The Balaban J connectivity index is 2.34. The van der Waals surface area contributed by atoms with Crippen LogP contribution in [0.3, 0.4) is 0 Å². The average Bonchev–Trinajstić information content (AvgIpc) is 2.71. The third-order valence-corrected chi connectivity index (χ3v) is 4.86. The molecule has 27 heavy (non-hydrogen) atoms. The maximum absolute atomic E-state index is 12.7. The first kappa shape index (κ1) is 17.0. The van der Waals surface area contributed by atoms with Gasteiger partial charge in [-0.1, -0.05) is 0 Å². The number of aromatic nitrogens is 1. The Labute approximate surface area is 155 Å². The smallest absolute Gasteiger partial charge is 0.256 e. The number of nitrogens with one attached hydrogen (secondary N) is 1. The molecular weight excluding hydrogens is 346 g/mol. The van der Waals surface area contributed by atoms with Crippen molar-refractivity contribution in [2.45, 2.75) is 0 Å². The van der Waals surface area contributed by atoms with Gasteiger partial charge in [0.2, 0.25) is 0 Å². The van der Waals surface area contributed by atoms with Gasteiger partial charge < -0.3 is 23.9 Å². The SMILES string of the molecule is COc1cc2c(cc1OC)c1cc[nH]c(=O)c1c1cc(OC)c(OC)cc21. The quantitative estimate of drug-likeness (QED) is 0.556. The van der Waals surface area contributed by atoms with E-state index in [1.165, 1.54) is 0 Å². The van der Waals surface area contributed by atoms with Crippen LogP contribution < -0.4 is 24.5 Å². The van der Waals surface area contributed by atoms with E-state index in [-0.39, 0.29) is 5.56 Å². The van der Waals surface area contributed by atoms with Crippen LogP contribution in [0.2, 0.25) is 0 Å². The Morgan fingerprint density at radius 1 is 0.630 bits per heavy atom. The summed E-state index contributed by atoms with van der Waals surface area (Å²) in [7, 11) is 6.35. The zero-order valence-corrected chi connectivity index (χ0v) is 15.5. The molecule has 0 saturated carbocycles. The highest BCUT2D eigenvalue weighted by molar-refractivity contribution is 6.26. The Kier molecular flexibility index (Phi) is 4.03. The van der Waals surface area contributed by atoms with Crippen LogP contribution in [-0.4, -0.2) is 33.4 Å². The molecule has 0 aliphatic rings. The summed E-state index contributed by atoms with van der Waals surface area (Å²) in [4.78, 5) is 15.4. The van der Waals surface area contributed by atoms with E-state index in [0.717, 1.165) is 26.9 Å². The van der Waals surface area contributed by atoms with Crippen LogP contribution in [-0.2, 0) is 0 Å². The predicted molar refractivity (Wildman–Crippen MR) is 106 cm³/mol. The van der Waals surface area contributed by atoms with Crippen molar-refractivity contribution in [2.24, 2.45) is 0 Å². The number of hydrogen-bond donors (Lipinski definition) is 1. The van der Waals surface area contributed by atoms with Crippen molar-refractivity contribution in [1.82, 2.24) is 4.98 Å². The highest BCUT2D eigenvalue weighted by Gasteiger charge is 2.17. The van der Waals surface area contributed by atoms with Gasteiger partial charge in [0.1, 0.15) is 0 Å². The molecule has 0 saturated heterocycles. The van der Waals surface area contributed by atoms with Crippen molar-refractivity contribution in [3.63, 3.8) is 0 Å². The van der Waals surface area contributed by atoms with E-state index >= 15 is 0 Å². The van der Waals surface area contributed by atoms with Crippen LogP contribution >= 0.6 is 0 Å². The third kappa shape index (κ3) is 2.44. The van der Waals surface area contributed by atoms with Gasteiger partial charge in [-0.2, -0.15) is 0 Å². The second kappa shape index (κ2) is 6.39. The highest BCUT2D eigenvalue weighted by Crippen LogP contribution is 2.43. The minimum Gasteiger partial charge on any atom is -0.493 e. The fourth-order valence-corrected chi connectivity index (χ4v) is 3.60. The molecular formula is C21H19NO5. The molecule has 0 amide bonds. The van der Waals surface area contributed by atoms with Gasteiger partial charge in [-0.25, -0.2) is 0 Å². The van der Waals surface area contributed by atoms with E-state index in [4.69, 9.17) is 18.9 Å². The molecule has 4 rings (SSSR count). The summed E-state index contributed by atoms with van der Waals surface area (Å²) in [5.74, 6) is 2.37. The maximum atomic E-state index is 12.7. The maximum Gasteiger partial charge on any atom is 0.256 e. The van der Waals surface area contributed by atoms with E-state index in [0.29, 0.717) is 28.4 Å². The summed E-state index contributed by atoms with van der Waals surface area (Å²) in [5, 5.41) is 4.90. The van der Waals surface area contributed by atoms with E-state index < -0.39 is 0 Å². The molecule has 6 nitrogen and oxygen atoms in total. The van der Waals surface area contributed by atoms with Crippen molar-refractivity contribution in [1.29, 1.82) is 0 Å². The van der Waals surface area contributed by atoms with Crippen LogP contribution in [0.15, 0.2) is 41.3 Å². The van der Waals surface area contributed by atoms with Crippen LogP contribution in [0.1, 0.15) is 0 Å². The number of methoxy groups -OCH3 is 4. The minimum absolute atomic E-state index is 0.165. The first-order chi connectivity index (χ1) is 13.1. The topological polar surface area (TPSA) is 69.8 Å². The van der Waals surface area contributed by atoms with Crippen molar-refractivity contribution in [3.05, 3.63) is 46.9 Å². The van der Waals surface area contributed by atoms with Gasteiger partial charge in [0.05, 0.1) is 33.8 Å². The number of pyridine rings is 1. The predicted octanol–water partition coefficient (Wildman–Crippen LogP) is 3.87. The summed E-state index contributed by atoms with van der Waals surface area (Å²) >= 11 is 0. The number of aromatic amines is 1. The largest absolute Gasteiger partial charge is 0.493 e. The lowest BCUT2D eigenvalue weighted by Crippen LogP contribution is -2.06. The second-order valence-electron chi connectivity index (χ2n) is 6.10. The summed E-state index contributed by atoms with van der Waals surface area (Å²) in [6, 6.07) is 9.42. The molecule has 0 bridgehead atoms. The molecule has 0 aliphatic heterocycles. The molecule has 1 N–H and O–H groups in total. The van der Waals surface area contributed by atoms with Crippen molar-refractivity contribution in [2.75, 3.05) is 28.4 Å². The second-order valence-corrected chi connectivity index (χ2v) is 6.10. The fourth-order valence-electron chi connectivity index (χ4n) is 3.60. The molecule has 4 aromatic rings. The average molecular weight is 365 g/mol. The van der Waals surface area contributed by atoms with Crippen LogP contribution in [0, 0.1) is 0 Å². The number of benzene rings is 3. The number of rotatable bonds is 4. The van der Waals surface area contributed by atoms with Crippen LogP contribution in [0.5, 0.6) is 23.0 Å². The number of H-pyrrole nitrogens is 1. The molecule has 6 heteroatoms. The monoisotopic (exact) mass is 365 g/mol. The van der Waals surface area contributed by atoms with Gasteiger partial charge in [0.15, 0.2) is 23.0 Å². The summed E-state index contributed by atoms with van der Waals surface area (Å²) in [6.45, 7) is 0. The van der Waals surface area contributed by atoms with Crippen LogP contribution in [0.25, 0.3) is 32.3 Å².